The summed E-state index contributed by atoms with van der Waals surface area (Å²) in [5.41, 5.74) is 2.78. The van der Waals surface area contributed by atoms with Crippen LogP contribution in [0.3, 0.4) is 0 Å². The fraction of sp³-hybridized carbons (Fsp3) is 0.133. The topological polar surface area (TPSA) is 49.3 Å². The maximum atomic E-state index is 13.3. The molecule has 19 heavy (non-hydrogen) atoms. The maximum Gasteiger partial charge on any atom is 0.337 e. The van der Waals surface area contributed by atoms with Crippen LogP contribution in [-0.2, 0) is 0 Å². The zero-order valence-corrected chi connectivity index (χ0v) is 10.7. The number of hydrogen-bond donors (Lipinski definition) is 2. The van der Waals surface area contributed by atoms with Gasteiger partial charge in [-0.25, -0.2) is 9.18 Å². The van der Waals surface area contributed by atoms with Crippen LogP contribution in [0.4, 0.5) is 15.8 Å². The van der Waals surface area contributed by atoms with Crippen LogP contribution in [0.2, 0.25) is 0 Å². The molecule has 3 nitrogen and oxygen atoms in total. The van der Waals surface area contributed by atoms with Crippen LogP contribution in [-0.4, -0.2) is 11.1 Å². The summed E-state index contributed by atoms with van der Waals surface area (Å²) in [6.07, 6.45) is 0. The molecule has 0 saturated carbocycles. The molecular formula is C15H14FNO2. The Balaban J connectivity index is 2.40. The smallest absolute Gasteiger partial charge is 0.337 e. The van der Waals surface area contributed by atoms with Gasteiger partial charge in [0.1, 0.15) is 5.82 Å². The van der Waals surface area contributed by atoms with E-state index >= 15 is 0 Å². The first kappa shape index (κ1) is 13.1. The van der Waals surface area contributed by atoms with E-state index in [9.17, 15) is 9.18 Å². The van der Waals surface area contributed by atoms with Crippen LogP contribution in [0.5, 0.6) is 0 Å². The van der Waals surface area contributed by atoms with Crippen molar-refractivity contribution in [3.63, 3.8) is 0 Å². The zero-order valence-electron chi connectivity index (χ0n) is 10.7. The third-order valence-electron chi connectivity index (χ3n) is 2.73. The summed E-state index contributed by atoms with van der Waals surface area (Å²) in [7, 11) is 0. The Bertz CT molecular complexity index is 618. The van der Waals surface area contributed by atoms with E-state index in [0.29, 0.717) is 11.4 Å². The fourth-order valence-corrected chi connectivity index (χ4v) is 1.91. The molecule has 4 heteroatoms. The van der Waals surface area contributed by atoms with Gasteiger partial charge in [-0.05, 0) is 49.7 Å². The first-order chi connectivity index (χ1) is 8.95. The number of benzene rings is 2. The minimum Gasteiger partial charge on any atom is -0.478 e. The van der Waals surface area contributed by atoms with E-state index in [1.54, 1.807) is 31.2 Å². The molecule has 0 unspecified atom stereocenters. The van der Waals surface area contributed by atoms with Gasteiger partial charge in [0, 0.05) is 5.69 Å². The molecule has 0 radical (unpaired) electrons. The van der Waals surface area contributed by atoms with Crippen molar-refractivity contribution in [2.75, 3.05) is 5.32 Å². The summed E-state index contributed by atoms with van der Waals surface area (Å²) < 4.78 is 13.3. The summed E-state index contributed by atoms with van der Waals surface area (Å²) in [4.78, 5) is 11.2. The zero-order chi connectivity index (χ0) is 14.0. The predicted molar refractivity (Wildman–Crippen MR) is 72.6 cm³/mol. The van der Waals surface area contributed by atoms with Gasteiger partial charge >= 0.3 is 5.97 Å². The molecule has 2 rings (SSSR count). The number of rotatable bonds is 3. The Morgan fingerprint density at radius 3 is 2.47 bits per heavy atom. The first-order valence-electron chi connectivity index (χ1n) is 5.84. The second kappa shape index (κ2) is 5.10. The average Bonchev–Trinajstić information content (AvgIpc) is 2.30. The van der Waals surface area contributed by atoms with E-state index in [1.807, 2.05) is 6.92 Å². The summed E-state index contributed by atoms with van der Waals surface area (Å²) >= 11 is 0. The lowest BCUT2D eigenvalue weighted by atomic mass is 10.1. The molecule has 0 saturated heterocycles. The van der Waals surface area contributed by atoms with Crippen molar-refractivity contribution in [1.82, 2.24) is 0 Å². The van der Waals surface area contributed by atoms with Crippen molar-refractivity contribution in [2.24, 2.45) is 0 Å². The number of aromatic carboxylic acids is 1. The maximum absolute atomic E-state index is 13.3. The standard InChI is InChI=1S/C15H14FNO2/c1-9-3-4-14(13(7-9)15(18)19)17-12-6-10(2)5-11(16)8-12/h3-8,17H,1-2H3,(H,18,19). The van der Waals surface area contributed by atoms with E-state index in [4.69, 9.17) is 5.11 Å². The van der Waals surface area contributed by atoms with Crippen molar-refractivity contribution in [2.45, 2.75) is 13.8 Å². The molecule has 0 aromatic heterocycles. The number of carboxylic acids is 1. The van der Waals surface area contributed by atoms with Crippen LogP contribution in [0.15, 0.2) is 36.4 Å². The fourth-order valence-electron chi connectivity index (χ4n) is 1.91. The summed E-state index contributed by atoms with van der Waals surface area (Å²) in [5.74, 6) is -1.37. The van der Waals surface area contributed by atoms with Crippen LogP contribution in [0.1, 0.15) is 21.5 Å². The number of halogens is 1. The largest absolute Gasteiger partial charge is 0.478 e. The molecule has 0 spiro atoms. The van der Waals surface area contributed by atoms with Gasteiger partial charge < -0.3 is 10.4 Å². The van der Waals surface area contributed by atoms with Gasteiger partial charge in [-0.2, -0.15) is 0 Å². The van der Waals surface area contributed by atoms with E-state index in [2.05, 4.69) is 5.32 Å². The Labute approximate surface area is 110 Å². The summed E-state index contributed by atoms with van der Waals surface area (Å²) in [5, 5.41) is 12.1. The Kier molecular flexibility index (Phi) is 3.51. The first-order valence-corrected chi connectivity index (χ1v) is 5.84. The highest BCUT2D eigenvalue weighted by molar-refractivity contribution is 5.95. The molecule has 0 bridgehead atoms. The third kappa shape index (κ3) is 3.10. The Hall–Kier alpha value is -2.36. The van der Waals surface area contributed by atoms with Crippen LogP contribution in [0.25, 0.3) is 0 Å². The molecule has 0 aliphatic rings. The molecule has 2 aromatic carbocycles. The van der Waals surface area contributed by atoms with Crippen molar-refractivity contribution >= 4 is 17.3 Å². The molecule has 0 heterocycles. The quantitative estimate of drug-likeness (QED) is 0.879. The van der Waals surface area contributed by atoms with Gasteiger partial charge in [0.2, 0.25) is 0 Å². The highest BCUT2D eigenvalue weighted by Crippen LogP contribution is 2.23. The number of carboxylic acid groups (broad SMARTS) is 1. The number of anilines is 2. The lowest BCUT2D eigenvalue weighted by Crippen LogP contribution is -2.03. The van der Waals surface area contributed by atoms with Crippen LogP contribution >= 0.6 is 0 Å². The monoisotopic (exact) mass is 259 g/mol. The number of hydrogen-bond acceptors (Lipinski definition) is 2. The number of carbonyl (C=O) groups is 1. The molecule has 0 atom stereocenters. The lowest BCUT2D eigenvalue weighted by molar-refractivity contribution is 0.0698. The van der Waals surface area contributed by atoms with Crippen molar-refractivity contribution in [1.29, 1.82) is 0 Å². The van der Waals surface area contributed by atoms with Gasteiger partial charge in [0.25, 0.3) is 0 Å². The Morgan fingerprint density at radius 2 is 1.84 bits per heavy atom. The third-order valence-corrected chi connectivity index (χ3v) is 2.73. The molecule has 0 aliphatic heterocycles. The highest BCUT2D eigenvalue weighted by atomic mass is 19.1. The van der Waals surface area contributed by atoms with Gasteiger partial charge in [0.15, 0.2) is 0 Å². The molecule has 2 N–H and O–H groups in total. The predicted octanol–water partition coefficient (Wildman–Crippen LogP) is 3.88. The molecule has 2 aromatic rings. The lowest BCUT2D eigenvalue weighted by Gasteiger charge is -2.11. The van der Waals surface area contributed by atoms with Crippen LogP contribution in [0, 0.1) is 19.7 Å². The van der Waals surface area contributed by atoms with E-state index in [1.165, 1.54) is 12.1 Å². The minimum atomic E-state index is -1.01. The van der Waals surface area contributed by atoms with E-state index < -0.39 is 5.97 Å². The SMILES string of the molecule is Cc1cc(F)cc(Nc2ccc(C)cc2C(=O)O)c1. The van der Waals surface area contributed by atoms with Crippen molar-refractivity contribution in [3.8, 4) is 0 Å². The normalized spacial score (nSPS) is 10.3. The molecule has 0 amide bonds. The van der Waals surface area contributed by atoms with Gasteiger partial charge in [0.05, 0.1) is 11.3 Å². The van der Waals surface area contributed by atoms with Crippen molar-refractivity contribution < 1.29 is 14.3 Å². The molecule has 98 valence electrons. The van der Waals surface area contributed by atoms with Gasteiger partial charge in [-0.15, -0.1) is 0 Å². The number of aryl methyl sites for hydroxylation is 2. The number of nitrogens with one attached hydrogen (secondary N) is 1. The second-order valence-electron chi connectivity index (χ2n) is 4.50. The van der Waals surface area contributed by atoms with Crippen molar-refractivity contribution in [3.05, 3.63) is 58.9 Å². The van der Waals surface area contributed by atoms with E-state index in [-0.39, 0.29) is 11.4 Å². The second-order valence-corrected chi connectivity index (χ2v) is 4.50. The van der Waals surface area contributed by atoms with Gasteiger partial charge in [-0.3, -0.25) is 0 Å². The van der Waals surface area contributed by atoms with Crippen LogP contribution < -0.4 is 5.32 Å². The summed E-state index contributed by atoms with van der Waals surface area (Å²) in [6, 6.07) is 9.57. The molecule has 0 fully saturated rings. The average molecular weight is 259 g/mol. The minimum absolute atomic E-state index is 0.168. The highest BCUT2D eigenvalue weighted by Gasteiger charge is 2.10. The van der Waals surface area contributed by atoms with Gasteiger partial charge in [-0.1, -0.05) is 11.6 Å². The summed E-state index contributed by atoms with van der Waals surface area (Å²) in [6.45, 7) is 3.60. The molecule has 0 aliphatic carbocycles. The Morgan fingerprint density at radius 1 is 1.11 bits per heavy atom. The van der Waals surface area contributed by atoms with E-state index in [0.717, 1.165) is 11.1 Å². The molecular weight excluding hydrogens is 245 g/mol.